The number of primary amides is 1. The lowest BCUT2D eigenvalue weighted by molar-refractivity contribution is -0.150. The number of carbonyl (C=O) groups is 2. The van der Waals surface area contributed by atoms with Gasteiger partial charge in [0, 0.05) is 17.1 Å². The van der Waals surface area contributed by atoms with Gasteiger partial charge in [0.2, 0.25) is 5.91 Å². The third-order valence-electron chi connectivity index (χ3n) is 6.89. The average molecular weight is 371 g/mol. The number of benzene rings is 1. The van der Waals surface area contributed by atoms with Crippen LogP contribution in [-0.4, -0.2) is 23.5 Å². The molecule has 4 fully saturated rings. The standard InChI is InChI=1S/C21H29N3O3/c1-20(2,27-16-5-3-15(22)4-6-16)19(26)24-17-13-7-12-8-14(17)11-21(9-12,10-13)18(23)25/h3-6,12-14,17H,7-11,22H2,1-2H3,(H2,23,25)(H,24,26). The first kappa shape index (κ1) is 18.1. The molecule has 6 heteroatoms. The minimum absolute atomic E-state index is 0.107. The summed E-state index contributed by atoms with van der Waals surface area (Å²) in [6, 6.07) is 7.15. The van der Waals surface area contributed by atoms with Crippen molar-refractivity contribution >= 4 is 17.5 Å². The Morgan fingerprint density at radius 2 is 1.70 bits per heavy atom. The number of anilines is 1. The molecule has 0 saturated heterocycles. The molecule has 2 amide bonds. The van der Waals surface area contributed by atoms with Crippen molar-refractivity contribution in [2.45, 2.75) is 57.6 Å². The summed E-state index contributed by atoms with van der Waals surface area (Å²) in [5.41, 5.74) is 10.8. The molecule has 146 valence electrons. The minimum Gasteiger partial charge on any atom is -0.478 e. The monoisotopic (exact) mass is 371 g/mol. The van der Waals surface area contributed by atoms with Gasteiger partial charge in [-0.05, 0) is 88.0 Å². The topological polar surface area (TPSA) is 107 Å². The number of nitrogens with one attached hydrogen (secondary N) is 1. The first-order valence-electron chi connectivity index (χ1n) is 9.84. The molecule has 2 atom stereocenters. The zero-order chi connectivity index (χ0) is 19.4. The quantitative estimate of drug-likeness (QED) is 0.690. The molecule has 1 aromatic rings. The van der Waals surface area contributed by atoms with E-state index in [-0.39, 0.29) is 23.3 Å². The van der Waals surface area contributed by atoms with E-state index in [0.29, 0.717) is 29.2 Å². The highest BCUT2D eigenvalue weighted by atomic mass is 16.5. The molecular formula is C21H29N3O3. The van der Waals surface area contributed by atoms with E-state index in [1.165, 1.54) is 0 Å². The van der Waals surface area contributed by atoms with Crippen LogP contribution in [-0.2, 0) is 9.59 Å². The van der Waals surface area contributed by atoms with Gasteiger partial charge in [-0.2, -0.15) is 0 Å². The molecule has 0 aromatic heterocycles. The van der Waals surface area contributed by atoms with E-state index in [2.05, 4.69) is 5.32 Å². The van der Waals surface area contributed by atoms with E-state index in [0.717, 1.165) is 32.1 Å². The van der Waals surface area contributed by atoms with Crippen LogP contribution in [0.1, 0.15) is 46.0 Å². The van der Waals surface area contributed by atoms with Gasteiger partial charge in [-0.3, -0.25) is 9.59 Å². The van der Waals surface area contributed by atoms with E-state index in [1.807, 2.05) is 0 Å². The van der Waals surface area contributed by atoms with Gasteiger partial charge in [-0.15, -0.1) is 0 Å². The first-order chi connectivity index (χ1) is 12.7. The maximum absolute atomic E-state index is 13.0. The number of rotatable bonds is 5. The van der Waals surface area contributed by atoms with Crippen LogP contribution in [0.5, 0.6) is 5.75 Å². The zero-order valence-electron chi connectivity index (χ0n) is 16.0. The van der Waals surface area contributed by atoms with E-state index in [4.69, 9.17) is 16.2 Å². The Hall–Kier alpha value is -2.24. The Morgan fingerprint density at radius 3 is 2.26 bits per heavy atom. The molecule has 5 rings (SSSR count). The molecule has 6 nitrogen and oxygen atoms in total. The second-order valence-corrected chi connectivity index (χ2v) is 9.30. The highest BCUT2D eigenvalue weighted by Crippen LogP contribution is 2.59. The second kappa shape index (κ2) is 6.14. The Kier molecular flexibility index (Phi) is 4.13. The van der Waals surface area contributed by atoms with Crippen molar-refractivity contribution < 1.29 is 14.3 Å². The minimum atomic E-state index is -0.994. The van der Waals surface area contributed by atoms with Gasteiger partial charge in [0.25, 0.3) is 5.91 Å². The van der Waals surface area contributed by atoms with Crippen LogP contribution in [0.25, 0.3) is 0 Å². The third-order valence-corrected chi connectivity index (χ3v) is 6.89. The fraction of sp³-hybridized carbons (Fsp3) is 0.619. The van der Waals surface area contributed by atoms with Gasteiger partial charge >= 0.3 is 0 Å². The van der Waals surface area contributed by atoms with Gasteiger partial charge in [-0.1, -0.05) is 0 Å². The molecular weight excluding hydrogens is 342 g/mol. The van der Waals surface area contributed by atoms with Crippen molar-refractivity contribution in [2.75, 3.05) is 5.73 Å². The summed E-state index contributed by atoms with van der Waals surface area (Å²) in [5.74, 6) is 1.58. The molecule has 0 radical (unpaired) electrons. The Balaban J connectivity index is 1.45. The Morgan fingerprint density at radius 1 is 1.11 bits per heavy atom. The van der Waals surface area contributed by atoms with Crippen LogP contribution in [0.2, 0.25) is 0 Å². The highest BCUT2D eigenvalue weighted by Gasteiger charge is 2.58. The summed E-state index contributed by atoms with van der Waals surface area (Å²) in [6.45, 7) is 3.55. The van der Waals surface area contributed by atoms with Crippen molar-refractivity contribution in [1.82, 2.24) is 5.32 Å². The number of hydrogen-bond acceptors (Lipinski definition) is 4. The Labute approximate surface area is 160 Å². The van der Waals surface area contributed by atoms with E-state index >= 15 is 0 Å². The highest BCUT2D eigenvalue weighted by molar-refractivity contribution is 5.85. The lowest BCUT2D eigenvalue weighted by Gasteiger charge is -2.59. The summed E-state index contributed by atoms with van der Waals surface area (Å²) in [5, 5.41) is 3.25. The molecule has 4 bridgehead atoms. The fourth-order valence-corrected chi connectivity index (χ4v) is 5.76. The summed E-state index contributed by atoms with van der Waals surface area (Å²) in [7, 11) is 0. The lowest BCUT2D eigenvalue weighted by atomic mass is 9.47. The molecule has 27 heavy (non-hydrogen) atoms. The van der Waals surface area contributed by atoms with Crippen LogP contribution >= 0.6 is 0 Å². The largest absolute Gasteiger partial charge is 0.478 e. The molecule has 4 saturated carbocycles. The first-order valence-corrected chi connectivity index (χ1v) is 9.84. The number of carbonyl (C=O) groups excluding carboxylic acids is 2. The van der Waals surface area contributed by atoms with Gasteiger partial charge in [0.05, 0.1) is 0 Å². The van der Waals surface area contributed by atoms with Crippen molar-refractivity contribution in [3.05, 3.63) is 24.3 Å². The number of hydrogen-bond donors (Lipinski definition) is 3. The van der Waals surface area contributed by atoms with Crippen molar-refractivity contribution in [1.29, 1.82) is 0 Å². The average Bonchev–Trinajstić information content (AvgIpc) is 2.59. The number of ether oxygens (including phenoxy) is 1. The molecule has 0 heterocycles. The number of nitrogens with two attached hydrogens (primary N) is 2. The predicted octanol–water partition coefficient (Wildman–Crippen LogP) is 2.22. The van der Waals surface area contributed by atoms with Gasteiger partial charge in [-0.25, -0.2) is 0 Å². The smallest absolute Gasteiger partial charge is 0.263 e. The van der Waals surface area contributed by atoms with Gasteiger partial charge in [0.15, 0.2) is 5.60 Å². The normalized spacial score (nSPS) is 34.3. The zero-order valence-corrected chi connectivity index (χ0v) is 16.0. The summed E-state index contributed by atoms with van der Waals surface area (Å²) < 4.78 is 5.93. The van der Waals surface area contributed by atoms with Crippen molar-refractivity contribution in [3.63, 3.8) is 0 Å². The summed E-state index contributed by atoms with van der Waals surface area (Å²) in [6.07, 6.45) is 4.70. The predicted molar refractivity (Wildman–Crippen MR) is 103 cm³/mol. The fourth-order valence-electron chi connectivity index (χ4n) is 5.76. The summed E-state index contributed by atoms with van der Waals surface area (Å²) >= 11 is 0. The number of nitrogen functional groups attached to an aromatic ring is 1. The molecule has 0 spiro atoms. The van der Waals surface area contributed by atoms with E-state index in [1.54, 1.807) is 38.1 Å². The maximum Gasteiger partial charge on any atom is 0.263 e. The van der Waals surface area contributed by atoms with Gasteiger partial charge in [0.1, 0.15) is 5.75 Å². The molecule has 1 aromatic carbocycles. The maximum atomic E-state index is 13.0. The third kappa shape index (κ3) is 3.15. The molecule has 2 unspecified atom stereocenters. The van der Waals surface area contributed by atoms with Crippen molar-refractivity contribution in [3.8, 4) is 5.75 Å². The van der Waals surface area contributed by atoms with E-state index in [9.17, 15) is 9.59 Å². The van der Waals surface area contributed by atoms with E-state index < -0.39 is 5.60 Å². The van der Waals surface area contributed by atoms with Crippen molar-refractivity contribution in [2.24, 2.45) is 28.9 Å². The molecule has 4 aliphatic carbocycles. The lowest BCUT2D eigenvalue weighted by Crippen LogP contribution is -2.63. The molecule has 0 aliphatic heterocycles. The van der Waals surface area contributed by atoms with Crippen LogP contribution in [0.15, 0.2) is 24.3 Å². The molecule has 4 aliphatic rings. The van der Waals surface area contributed by atoms with Crippen LogP contribution in [0.4, 0.5) is 5.69 Å². The SMILES string of the molecule is CC(C)(Oc1ccc(N)cc1)C(=O)NC1C2CC3CC1CC(C(N)=O)(C3)C2. The second-order valence-electron chi connectivity index (χ2n) is 9.30. The molecule has 5 N–H and O–H groups in total. The van der Waals surface area contributed by atoms with Gasteiger partial charge < -0.3 is 21.5 Å². The number of amides is 2. The van der Waals surface area contributed by atoms with Crippen LogP contribution in [0.3, 0.4) is 0 Å². The summed E-state index contributed by atoms with van der Waals surface area (Å²) in [4.78, 5) is 25.1. The van der Waals surface area contributed by atoms with Crippen LogP contribution in [0, 0.1) is 23.2 Å². The Bertz CT molecular complexity index is 742. The van der Waals surface area contributed by atoms with Crippen LogP contribution < -0.4 is 21.5 Å².